The Balaban J connectivity index is 1.60. The fraction of sp³-hybridized carbons (Fsp3) is 0.379. The second kappa shape index (κ2) is 12.1. The Bertz CT molecular complexity index is 973. The number of benzene rings is 3. The fourth-order valence-electron chi connectivity index (χ4n) is 3.59. The number of aryl methyl sites for hydroxylation is 1. The van der Waals surface area contributed by atoms with E-state index < -0.39 is 0 Å². The molecule has 0 amide bonds. The van der Waals surface area contributed by atoms with Crippen LogP contribution in [0.4, 0.5) is 0 Å². The normalized spacial score (nSPS) is 10.6. The van der Waals surface area contributed by atoms with Crippen LogP contribution in [0, 0.1) is 11.8 Å². The summed E-state index contributed by atoms with van der Waals surface area (Å²) in [6.45, 7) is 5.26. The largest absolute Gasteiger partial charge is 0.494 e. The lowest BCUT2D eigenvalue weighted by molar-refractivity contribution is 0.306. The molecule has 0 fully saturated rings. The molecule has 0 unspecified atom stereocenters. The predicted octanol–water partition coefficient (Wildman–Crippen LogP) is 7.93. The Kier molecular flexibility index (Phi) is 8.85. The number of fused-ring (bicyclic) bond motifs is 1. The molecule has 156 valence electrons. The van der Waals surface area contributed by atoms with Crippen LogP contribution in [0.2, 0.25) is 0 Å². The van der Waals surface area contributed by atoms with Crippen molar-refractivity contribution in [3.8, 4) is 17.6 Å². The Hall–Kier alpha value is -2.72. The average Bonchev–Trinajstić information content (AvgIpc) is 2.79. The second-order valence-corrected chi connectivity index (χ2v) is 8.04. The van der Waals surface area contributed by atoms with Crippen molar-refractivity contribution >= 4 is 10.8 Å². The molecular formula is C29H34O. The number of hydrogen-bond acceptors (Lipinski definition) is 1. The Morgan fingerprint density at radius 3 is 2.10 bits per heavy atom. The van der Waals surface area contributed by atoms with Crippen LogP contribution in [0.1, 0.15) is 75.5 Å². The quantitative estimate of drug-likeness (QED) is 0.249. The van der Waals surface area contributed by atoms with E-state index >= 15 is 0 Å². The zero-order valence-electron chi connectivity index (χ0n) is 18.5. The highest BCUT2D eigenvalue weighted by molar-refractivity contribution is 5.85. The van der Waals surface area contributed by atoms with Gasteiger partial charge in [-0.3, -0.25) is 0 Å². The molecule has 0 N–H and O–H groups in total. The van der Waals surface area contributed by atoms with Gasteiger partial charge >= 0.3 is 0 Å². The van der Waals surface area contributed by atoms with Crippen molar-refractivity contribution in [1.29, 1.82) is 0 Å². The first-order valence-electron chi connectivity index (χ1n) is 11.6. The molecule has 0 saturated heterocycles. The fourth-order valence-corrected chi connectivity index (χ4v) is 3.59. The third-order valence-corrected chi connectivity index (χ3v) is 5.45. The second-order valence-electron chi connectivity index (χ2n) is 8.04. The van der Waals surface area contributed by atoms with Gasteiger partial charge in [-0.1, -0.05) is 82.1 Å². The Labute approximate surface area is 182 Å². The van der Waals surface area contributed by atoms with Gasteiger partial charge in [0, 0.05) is 11.1 Å². The van der Waals surface area contributed by atoms with Crippen LogP contribution in [-0.2, 0) is 6.42 Å². The Morgan fingerprint density at radius 2 is 1.30 bits per heavy atom. The zero-order chi connectivity index (χ0) is 21.0. The molecule has 0 bridgehead atoms. The summed E-state index contributed by atoms with van der Waals surface area (Å²) in [7, 11) is 0. The number of hydrogen-bond donors (Lipinski definition) is 0. The highest BCUT2D eigenvalue weighted by Crippen LogP contribution is 2.22. The van der Waals surface area contributed by atoms with Crippen molar-refractivity contribution in [3.63, 3.8) is 0 Å². The van der Waals surface area contributed by atoms with Crippen LogP contribution in [0.5, 0.6) is 5.75 Å². The average molecular weight is 399 g/mol. The minimum absolute atomic E-state index is 0.792. The van der Waals surface area contributed by atoms with E-state index in [0.717, 1.165) is 29.9 Å². The summed E-state index contributed by atoms with van der Waals surface area (Å²) >= 11 is 0. The first-order valence-corrected chi connectivity index (χ1v) is 11.6. The topological polar surface area (TPSA) is 9.23 Å². The van der Waals surface area contributed by atoms with Gasteiger partial charge in [0.25, 0.3) is 0 Å². The van der Waals surface area contributed by atoms with E-state index in [2.05, 4.69) is 86.4 Å². The molecular weight excluding hydrogens is 364 g/mol. The molecule has 30 heavy (non-hydrogen) atoms. The van der Waals surface area contributed by atoms with Crippen molar-refractivity contribution in [3.05, 3.63) is 77.4 Å². The molecule has 0 aliphatic heterocycles. The monoisotopic (exact) mass is 398 g/mol. The lowest BCUT2D eigenvalue weighted by Crippen LogP contribution is -1.96. The third kappa shape index (κ3) is 6.96. The maximum Gasteiger partial charge on any atom is 0.119 e. The van der Waals surface area contributed by atoms with Gasteiger partial charge in [0.15, 0.2) is 0 Å². The molecule has 3 aromatic rings. The van der Waals surface area contributed by atoms with E-state index in [9.17, 15) is 0 Å². The minimum atomic E-state index is 0.792. The SMILES string of the molecule is CCCCCCc1ccc(C#Cc2ccc3cc(OCCCCC)ccc3c2)cc1. The van der Waals surface area contributed by atoms with Gasteiger partial charge in [-0.25, -0.2) is 0 Å². The summed E-state index contributed by atoms with van der Waals surface area (Å²) in [4.78, 5) is 0. The van der Waals surface area contributed by atoms with E-state index in [1.165, 1.54) is 61.3 Å². The molecule has 0 aliphatic rings. The number of unbranched alkanes of at least 4 members (excludes halogenated alkanes) is 5. The molecule has 0 saturated carbocycles. The minimum Gasteiger partial charge on any atom is -0.494 e. The highest BCUT2D eigenvalue weighted by atomic mass is 16.5. The van der Waals surface area contributed by atoms with Crippen molar-refractivity contribution in [2.24, 2.45) is 0 Å². The van der Waals surface area contributed by atoms with Crippen molar-refractivity contribution < 1.29 is 4.74 Å². The van der Waals surface area contributed by atoms with Crippen molar-refractivity contribution in [2.45, 2.75) is 65.2 Å². The van der Waals surface area contributed by atoms with Crippen LogP contribution >= 0.6 is 0 Å². The van der Waals surface area contributed by atoms with Crippen LogP contribution in [0.15, 0.2) is 60.7 Å². The molecule has 1 nitrogen and oxygen atoms in total. The molecule has 0 aromatic heterocycles. The predicted molar refractivity (Wildman–Crippen MR) is 129 cm³/mol. The first-order chi connectivity index (χ1) is 14.8. The van der Waals surface area contributed by atoms with E-state index in [-0.39, 0.29) is 0 Å². The lowest BCUT2D eigenvalue weighted by Gasteiger charge is -2.07. The Morgan fingerprint density at radius 1 is 0.633 bits per heavy atom. The van der Waals surface area contributed by atoms with Gasteiger partial charge in [-0.2, -0.15) is 0 Å². The number of rotatable bonds is 10. The molecule has 0 atom stereocenters. The third-order valence-electron chi connectivity index (χ3n) is 5.45. The molecule has 3 rings (SSSR count). The lowest BCUT2D eigenvalue weighted by atomic mass is 10.0. The van der Waals surface area contributed by atoms with Gasteiger partial charge in [-0.15, -0.1) is 0 Å². The summed E-state index contributed by atoms with van der Waals surface area (Å²) in [6.07, 6.45) is 9.95. The zero-order valence-corrected chi connectivity index (χ0v) is 18.5. The molecule has 3 aromatic carbocycles. The maximum atomic E-state index is 5.87. The molecule has 0 aliphatic carbocycles. The van der Waals surface area contributed by atoms with Gasteiger partial charge in [0.05, 0.1) is 6.61 Å². The molecule has 0 heterocycles. The van der Waals surface area contributed by atoms with Gasteiger partial charge in [-0.05, 0) is 72.0 Å². The summed E-state index contributed by atoms with van der Waals surface area (Å²) in [5.41, 5.74) is 3.53. The van der Waals surface area contributed by atoms with Crippen LogP contribution in [0.25, 0.3) is 10.8 Å². The van der Waals surface area contributed by atoms with Crippen molar-refractivity contribution in [2.75, 3.05) is 6.61 Å². The smallest absolute Gasteiger partial charge is 0.119 e. The summed E-state index contributed by atoms with van der Waals surface area (Å²) in [6, 6.07) is 21.4. The highest BCUT2D eigenvalue weighted by Gasteiger charge is 1.99. The van der Waals surface area contributed by atoms with E-state index in [1.807, 2.05) is 0 Å². The summed E-state index contributed by atoms with van der Waals surface area (Å²) in [5, 5.41) is 2.39. The summed E-state index contributed by atoms with van der Waals surface area (Å²) in [5.74, 6) is 7.57. The van der Waals surface area contributed by atoms with Crippen LogP contribution < -0.4 is 4.74 Å². The maximum absolute atomic E-state index is 5.87. The summed E-state index contributed by atoms with van der Waals surface area (Å²) < 4.78 is 5.87. The number of ether oxygens (including phenoxy) is 1. The first kappa shape index (κ1) is 22.0. The van der Waals surface area contributed by atoms with Crippen LogP contribution in [-0.4, -0.2) is 6.61 Å². The molecule has 0 spiro atoms. The van der Waals surface area contributed by atoms with Crippen LogP contribution in [0.3, 0.4) is 0 Å². The van der Waals surface area contributed by atoms with Gasteiger partial charge in [0.1, 0.15) is 5.75 Å². The van der Waals surface area contributed by atoms with Gasteiger partial charge in [0.2, 0.25) is 0 Å². The van der Waals surface area contributed by atoms with E-state index in [4.69, 9.17) is 4.74 Å². The standard InChI is InChI=1S/C29H34O/c1-3-5-7-8-10-24-11-13-25(14-12-24)15-16-26-17-18-28-23-29(20-19-27(28)22-26)30-21-9-6-4-2/h11-14,17-20,22-23H,3-10,21H2,1-2H3. The molecule has 0 radical (unpaired) electrons. The molecule has 1 heteroatoms. The van der Waals surface area contributed by atoms with Gasteiger partial charge < -0.3 is 4.74 Å². The van der Waals surface area contributed by atoms with E-state index in [1.54, 1.807) is 0 Å². The van der Waals surface area contributed by atoms with E-state index in [0.29, 0.717) is 0 Å². The van der Waals surface area contributed by atoms with Crippen molar-refractivity contribution in [1.82, 2.24) is 0 Å².